The second-order valence-electron chi connectivity index (χ2n) is 9.76. The van der Waals surface area contributed by atoms with Crippen LogP contribution >= 0.6 is 0 Å². The van der Waals surface area contributed by atoms with Crippen molar-refractivity contribution in [2.24, 2.45) is 5.41 Å². The first kappa shape index (κ1) is 36.1. The maximum Gasteiger partial charge on any atom is 4.00 e. The molecule has 0 spiro atoms. The predicted molar refractivity (Wildman–Crippen MR) is 136 cm³/mol. The summed E-state index contributed by atoms with van der Waals surface area (Å²) in [6.45, 7) is 13.9. The largest absolute Gasteiger partial charge is 4.00 e. The van der Waals surface area contributed by atoms with E-state index >= 15 is 0 Å². The molecule has 0 amide bonds. The van der Waals surface area contributed by atoms with Crippen molar-refractivity contribution in [1.82, 2.24) is 0 Å². The molecule has 34 heavy (non-hydrogen) atoms. The third-order valence-electron chi connectivity index (χ3n) is 7.61. The summed E-state index contributed by atoms with van der Waals surface area (Å²) < 4.78 is 0. The molecule has 2 aliphatic rings. The van der Waals surface area contributed by atoms with Gasteiger partial charge in [0.15, 0.2) is 0 Å². The predicted octanol–water partition coefficient (Wildman–Crippen LogP) is -2.04. The van der Waals surface area contributed by atoms with Crippen LogP contribution in [0.1, 0.15) is 84.8 Å². The summed E-state index contributed by atoms with van der Waals surface area (Å²) in [5.41, 5.74) is 7.78. The Morgan fingerprint density at radius 2 is 1.53 bits per heavy atom. The molecular formula is C29H41Cl3SiTi. The monoisotopic (exact) mass is 570 g/mol. The molecule has 0 heterocycles. The van der Waals surface area contributed by atoms with Gasteiger partial charge in [0.1, 0.15) is 0 Å². The molecule has 0 bridgehead atoms. The molecule has 2 atom stereocenters. The Kier molecular flexibility index (Phi) is 17.0. The van der Waals surface area contributed by atoms with Gasteiger partial charge in [-0.25, -0.2) is 5.57 Å². The van der Waals surface area contributed by atoms with Crippen LogP contribution in [0, 0.1) is 11.5 Å². The number of rotatable bonds is 9. The number of hydrogen-bond acceptors (Lipinski definition) is 0. The topological polar surface area (TPSA) is 0 Å². The SMILES string of the molecule is CCCCC1(CC2([SiH2]c3cc(CC)cc(CC)c3)[C-]=C(C)C(C)=C2C)C=CC=CC1.[Cl-].[Cl-].[Cl-].[Ti+4]. The van der Waals surface area contributed by atoms with E-state index in [4.69, 9.17) is 0 Å². The standard InChI is InChI=1S/C29H41Si.3ClH.Ti/c1-7-10-14-28(15-12-11-13-16-28)21-29(20-22(4)23(5)24(29)6)30-27-18-25(8-2)17-26(9-3)19-27;;;;/h11-13,15,17-19H,7-10,14,16,21,30H2,1-6H3;3*1H;/q-1;;;;+4/p-3. The van der Waals surface area contributed by atoms with Gasteiger partial charge in [-0.15, -0.1) is 6.92 Å². The Morgan fingerprint density at radius 3 is 1.97 bits per heavy atom. The first-order chi connectivity index (χ1) is 14.4. The first-order valence-electron chi connectivity index (χ1n) is 12.1. The van der Waals surface area contributed by atoms with Crippen molar-refractivity contribution in [2.45, 2.75) is 91.5 Å². The van der Waals surface area contributed by atoms with Crippen LogP contribution in [-0.4, -0.2) is 9.52 Å². The van der Waals surface area contributed by atoms with Crippen molar-refractivity contribution < 1.29 is 58.9 Å². The van der Waals surface area contributed by atoms with E-state index in [1.165, 1.54) is 54.4 Å². The summed E-state index contributed by atoms with van der Waals surface area (Å²) in [5.74, 6) is 0. The van der Waals surface area contributed by atoms with E-state index in [-0.39, 0.29) is 69.4 Å². The Labute approximate surface area is 245 Å². The van der Waals surface area contributed by atoms with Crippen LogP contribution in [0.2, 0.25) is 5.04 Å². The van der Waals surface area contributed by atoms with Crippen molar-refractivity contribution in [3.05, 3.63) is 76.4 Å². The zero-order valence-electron chi connectivity index (χ0n) is 21.8. The molecule has 0 aliphatic heterocycles. The van der Waals surface area contributed by atoms with Gasteiger partial charge in [0, 0.05) is 9.52 Å². The number of halogens is 3. The van der Waals surface area contributed by atoms with Crippen molar-refractivity contribution in [3.63, 3.8) is 0 Å². The fourth-order valence-corrected chi connectivity index (χ4v) is 8.48. The molecule has 2 unspecified atom stereocenters. The van der Waals surface area contributed by atoms with Crippen LogP contribution in [0.15, 0.2) is 59.2 Å². The molecule has 0 saturated heterocycles. The fourth-order valence-electron chi connectivity index (χ4n) is 5.54. The zero-order chi connectivity index (χ0) is 21.8. The maximum absolute atomic E-state index is 4.09. The maximum atomic E-state index is 4.09. The number of benzene rings is 1. The average molecular weight is 572 g/mol. The molecular weight excluding hydrogens is 531 g/mol. The summed E-state index contributed by atoms with van der Waals surface area (Å²) in [5, 5.41) is 1.77. The molecule has 186 valence electrons. The second-order valence-corrected chi connectivity index (χ2v) is 12.1. The third-order valence-corrected chi connectivity index (χ3v) is 9.98. The van der Waals surface area contributed by atoms with Gasteiger partial charge in [-0.2, -0.15) is 11.1 Å². The summed E-state index contributed by atoms with van der Waals surface area (Å²) in [7, 11) is -0.567. The number of hydrogen-bond donors (Lipinski definition) is 0. The van der Waals surface area contributed by atoms with Crippen molar-refractivity contribution in [2.75, 3.05) is 0 Å². The Balaban J connectivity index is 0. The molecule has 0 fully saturated rings. The number of allylic oxidation sites excluding steroid dienone is 8. The summed E-state index contributed by atoms with van der Waals surface area (Å²) in [6, 6.07) is 7.44. The van der Waals surface area contributed by atoms with Crippen LogP contribution in [0.3, 0.4) is 0 Å². The molecule has 0 radical (unpaired) electrons. The van der Waals surface area contributed by atoms with E-state index in [1.807, 2.05) is 0 Å². The smallest absolute Gasteiger partial charge is 1.00 e. The molecule has 0 N–H and O–H groups in total. The molecule has 0 aromatic heterocycles. The van der Waals surface area contributed by atoms with E-state index in [2.05, 4.69) is 90.1 Å². The molecule has 1 aromatic carbocycles. The van der Waals surface area contributed by atoms with Crippen LogP contribution in [0.25, 0.3) is 0 Å². The summed E-state index contributed by atoms with van der Waals surface area (Å²) >= 11 is 0. The van der Waals surface area contributed by atoms with Gasteiger partial charge in [-0.3, -0.25) is 6.08 Å². The van der Waals surface area contributed by atoms with Crippen LogP contribution in [0.4, 0.5) is 0 Å². The van der Waals surface area contributed by atoms with Gasteiger partial charge in [0.05, 0.1) is 0 Å². The third kappa shape index (κ3) is 8.25. The second kappa shape index (κ2) is 16.0. The van der Waals surface area contributed by atoms with E-state index in [0.717, 1.165) is 12.8 Å². The summed E-state index contributed by atoms with van der Waals surface area (Å²) in [4.78, 5) is 0. The molecule has 5 heteroatoms. The molecule has 1 aromatic rings. The minimum Gasteiger partial charge on any atom is -1.00 e. The Bertz CT molecular complexity index is 880. The summed E-state index contributed by atoms with van der Waals surface area (Å²) in [6.07, 6.45) is 22.1. The quantitative estimate of drug-likeness (QED) is 0.237. The van der Waals surface area contributed by atoms with Gasteiger partial charge < -0.3 is 37.2 Å². The molecule has 2 aliphatic carbocycles. The van der Waals surface area contributed by atoms with Crippen LogP contribution in [-0.2, 0) is 34.6 Å². The number of unbranched alkanes of at least 4 members (excludes halogenated alkanes) is 1. The fraction of sp³-hybridized carbons (Fsp3) is 0.517. The van der Waals surface area contributed by atoms with Crippen molar-refractivity contribution in [3.8, 4) is 0 Å². The van der Waals surface area contributed by atoms with Gasteiger partial charge in [-0.1, -0.05) is 107 Å². The van der Waals surface area contributed by atoms with Gasteiger partial charge >= 0.3 is 21.7 Å². The van der Waals surface area contributed by atoms with Gasteiger partial charge in [-0.05, 0) is 42.2 Å². The first-order valence-corrected chi connectivity index (χ1v) is 13.5. The molecule has 3 rings (SSSR count). The van der Waals surface area contributed by atoms with E-state index in [1.54, 1.807) is 10.8 Å². The van der Waals surface area contributed by atoms with Crippen molar-refractivity contribution in [1.29, 1.82) is 0 Å². The van der Waals surface area contributed by atoms with Crippen LogP contribution < -0.4 is 42.4 Å². The molecule has 0 nitrogen and oxygen atoms in total. The molecule has 0 saturated carbocycles. The van der Waals surface area contributed by atoms with Gasteiger partial charge in [0.25, 0.3) is 0 Å². The Morgan fingerprint density at radius 1 is 0.912 bits per heavy atom. The minimum atomic E-state index is -0.567. The normalized spacial score (nSPS) is 23.2. The average Bonchev–Trinajstić information content (AvgIpc) is 2.95. The zero-order valence-corrected chi connectivity index (χ0v) is 27.1. The van der Waals surface area contributed by atoms with Gasteiger partial charge in [0.2, 0.25) is 0 Å². The van der Waals surface area contributed by atoms with E-state index < -0.39 is 9.52 Å². The number of aryl methyl sites for hydroxylation is 2. The Hall–Kier alpha value is -0.0188. The van der Waals surface area contributed by atoms with Crippen molar-refractivity contribution >= 4 is 14.7 Å². The van der Waals surface area contributed by atoms with Crippen LogP contribution in [0.5, 0.6) is 0 Å². The van der Waals surface area contributed by atoms with E-state index in [0.29, 0.717) is 0 Å². The van der Waals surface area contributed by atoms with E-state index in [9.17, 15) is 0 Å². The minimum absolute atomic E-state index is 0.